The molecule has 43 heavy (non-hydrogen) atoms. The first-order valence-electron chi connectivity index (χ1n) is 14.0. The van der Waals surface area contributed by atoms with Crippen molar-refractivity contribution in [3.63, 3.8) is 0 Å². The highest BCUT2D eigenvalue weighted by atomic mass is 19.4. The lowest BCUT2D eigenvalue weighted by Gasteiger charge is -2.39. The fourth-order valence-electron chi connectivity index (χ4n) is 5.52. The first kappa shape index (κ1) is 29.8. The van der Waals surface area contributed by atoms with Crippen LogP contribution in [0.4, 0.5) is 24.5 Å². The average molecular weight is 588 g/mol. The van der Waals surface area contributed by atoms with Gasteiger partial charge in [-0.3, -0.25) is 9.69 Å². The number of ether oxygens (including phenoxy) is 1. The maximum absolute atomic E-state index is 13.3. The molecule has 0 radical (unpaired) electrons. The van der Waals surface area contributed by atoms with Crippen LogP contribution in [0.2, 0.25) is 0 Å². The molecule has 1 N–H and O–H groups in total. The minimum absolute atomic E-state index is 0.282. The summed E-state index contributed by atoms with van der Waals surface area (Å²) in [7, 11) is 1.41. The average Bonchev–Trinajstić information content (AvgIpc) is 3.02. The number of nitrogens with one attached hydrogen (secondary N) is 1. The van der Waals surface area contributed by atoms with E-state index in [2.05, 4.69) is 15.1 Å². The van der Waals surface area contributed by atoms with E-state index in [1.165, 1.54) is 19.2 Å². The lowest BCUT2D eigenvalue weighted by Crippen LogP contribution is -2.49. The van der Waals surface area contributed by atoms with E-state index in [-0.39, 0.29) is 11.9 Å². The zero-order chi connectivity index (χ0) is 30.6. The van der Waals surface area contributed by atoms with Crippen LogP contribution in [0, 0.1) is 6.92 Å². The van der Waals surface area contributed by atoms with Crippen LogP contribution in [0.1, 0.15) is 33.1 Å². The van der Waals surface area contributed by atoms with Crippen LogP contribution in [-0.4, -0.2) is 50.1 Å². The standard InChI is InChI=1S/C34H32F3N3O3/c1-23-22-27(38-32(41)29-11-7-6-10-28(29)24-12-14-26(15-13-24)34(35,36)37)16-17-30(23)39-18-20-40(21-19-39)31(33(42)43-2)25-8-4-3-5-9-25/h3-17,22,31H,18-21H2,1-2H3,(H,38,41). The number of amides is 1. The SMILES string of the molecule is COC(=O)C(c1ccccc1)N1CCN(c2ccc(NC(=O)c3ccccc3-c3ccc(C(F)(F)F)cc3)cc2C)CC1. The molecule has 1 aliphatic rings. The molecule has 222 valence electrons. The number of esters is 1. The van der Waals surface area contributed by atoms with Gasteiger partial charge in [0.15, 0.2) is 0 Å². The lowest BCUT2D eigenvalue weighted by molar-refractivity contribution is -0.147. The van der Waals surface area contributed by atoms with Crippen molar-refractivity contribution in [1.29, 1.82) is 0 Å². The summed E-state index contributed by atoms with van der Waals surface area (Å²) >= 11 is 0. The second kappa shape index (κ2) is 12.7. The van der Waals surface area contributed by atoms with Gasteiger partial charge in [0.1, 0.15) is 6.04 Å². The quantitative estimate of drug-likeness (QED) is 0.237. The molecule has 0 bridgehead atoms. The Hall–Kier alpha value is -4.63. The van der Waals surface area contributed by atoms with E-state index < -0.39 is 17.8 Å². The van der Waals surface area contributed by atoms with E-state index in [0.717, 1.165) is 28.9 Å². The minimum atomic E-state index is -4.43. The lowest BCUT2D eigenvalue weighted by atomic mass is 9.98. The fraction of sp³-hybridized carbons (Fsp3) is 0.235. The van der Waals surface area contributed by atoms with Gasteiger partial charge >= 0.3 is 12.1 Å². The van der Waals surface area contributed by atoms with E-state index in [0.29, 0.717) is 48.6 Å². The van der Waals surface area contributed by atoms with E-state index >= 15 is 0 Å². The molecule has 1 atom stereocenters. The topological polar surface area (TPSA) is 61.9 Å². The Morgan fingerprint density at radius 1 is 0.837 bits per heavy atom. The maximum atomic E-state index is 13.3. The van der Waals surface area contributed by atoms with Crippen LogP contribution in [0.15, 0.2) is 97.1 Å². The van der Waals surface area contributed by atoms with Crippen molar-refractivity contribution < 1.29 is 27.5 Å². The third kappa shape index (κ3) is 6.73. The summed E-state index contributed by atoms with van der Waals surface area (Å²) in [6.07, 6.45) is -4.43. The van der Waals surface area contributed by atoms with Gasteiger partial charge in [-0.1, -0.05) is 60.7 Å². The highest BCUT2D eigenvalue weighted by Crippen LogP contribution is 2.33. The van der Waals surface area contributed by atoms with E-state index in [1.54, 1.807) is 24.3 Å². The van der Waals surface area contributed by atoms with Gasteiger partial charge in [-0.25, -0.2) is 4.79 Å². The Bertz CT molecular complexity index is 1580. The third-order valence-corrected chi connectivity index (χ3v) is 7.71. The highest BCUT2D eigenvalue weighted by molar-refractivity contribution is 6.08. The van der Waals surface area contributed by atoms with E-state index in [9.17, 15) is 22.8 Å². The molecule has 0 spiro atoms. The molecule has 1 amide bonds. The Morgan fingerprint density at radius 2 is 1.49 bits per heavy atom. The number of carbonyl (C=O) groups is 2. The van der Waals surface area contributed by atoms with Crippen LogP contribution in [-0.2, 0) is 15.7 Å². The second-order valence-corrected chi connectivity index (χ2v) is 10.4. The number of methoxy groups -OCH3 is 1. The Morgan fingerprint density at radius 3 is 2.12 bits per heavy atom. The number of piperazine rings is 1. The summed E-state index contributed by atoms with van der Waals surface area (Å²) < 4.78 is 44.2. The summed E-state index contributed by atoms with van der Waals surface area (Å²) in [6.45, 7) is 4.76. The number of aryl methyl sites for hydroxylation is 1. The van der Waals surface area contributed by atoms with Crippen molar-refractivity contribution in [3.8, 4) is 11.1 Å². The number of hydrogen-bond donors (Lipinski definition) is 1. The highest BCUT2D eigenvalue weighted by Gasteiger charge is 2.32. The molecule has 1 fully saturated rings. The number of alkyl halides is 3. The Labute approximate surface area is 248 Å². The van der Waals surface area contributed by atoms with Crippen LogP contribution < -0.4 is 10.2 Å². The zero-order valence-corrected chi connectivity index (χ0v) is 23.9. The molecule has 5 rings (SSSR count). The molecule has 0 aliphatic carbocycles. The summed E-state index contributed by atoms with van der Waals surface area (Å²) in [4.78, 5) is 30.3. The molecule has 9 heteroatoms. The number of halogens is 3. The van der Waals surface area contributed by atoms with Gasteiger partial charge in [0, 0.05) is 43.1 Å². The van der Waals surface area contributed by atoms with Gasteiger partial charge in [-0.05, 0) is 65.6 Å². The summed E-state index contributed by atoms with van der Waals surface area (Å²) in [5.74, 6) is -0.637. The van der Waals surface area contributed by atoms with Crippen LogP contribution in [0.25, 0.3) is 11.1 Å². The molecule has 4 aromatic rings. The molecule has 0 aromatic heterocycles. The molecule has 1 aliphatic heterocycles. The number of nitrogens with zero attached hydrogens (tertiary/aromatic N) is 2. The molecule has 1 heterocycles. The van der Waals surface area contributed by atoms with Crippen molar-refractivity contribution in [3.05, 3.63) is 119 Å². The largest absolute Gasteiger partial charge is 0.468 e. The predicted octanol–water partition coefficient (Wildman–Crippen LogP) is 6.97. The van der Waals surface area contributed by atoms with Crippen LogP contribution in [0.5, 0.6) is 0 Å². The number of benzene rings is 4. The second-order valence-electron chi connectivity index (χ2n) is 10.4. The van der Waals surface area contributed by atoms with E-state index in [4.69, 9.17) is 4.74 Å². The van der Waals surface area contributed by atoms with Gasteiger partial charge in [-0.2, -0.15) is 13.2 Å². The van der Waals surface area contributed by atoms with Crippen LogP contribution >= 0.6 is 0 Å². The fourth-order valence-corrected chi connectivity index (χ4v) is 5.52. The molecular formula is C34H32F3N3O3. The summed E-state index contributed by atoms with van der Waals surface area (Å²) in [5, 5.41) is 2.94. The molecule has 4 aromatic carbocycles. The Balaban J connectivity index is 1.27. The van der Waals surface area contributed by atoms with Crippen molar-refractivity contribution >= 4 is 23.3 Å². The molecule has 6 nitrogen and oxygen atoms in total. The normalized spacial score (nSPS) is 14.7. The van der Waals surface area contributed by atoms with Crippen molar-refractivity contribution in [2.45, 2.75) is 19.1 Å². The van der Waals surface area contributed by atoms with Crippen molar-refractivity contribution in [1.82, 2.24) is 4.90 Å². The number of anilines is 2. The number of carbonyl (C=O) groups excluding carboxylic acids is 2. The van der Waals surface area contributed by atoms with Crippen molar-refractivity contribution in [2.24, 2.45) is 0 Å². The van der Waals surface area contributed by atoms with Gasteiger partial charge in [0.25, 0.3) is 5.91 Å². The number of rotatable bonds is 7. The molecule has 1 saturated heterocycles. The Kier molecular flexibility index (Phi) is 8.82. The summed E-state index contributed by atoms with van der Waals surface area (Å²) in [5.41, 5.74) is 4.22. The number of hydrogen-bond acceptors (Lipinski definition) is 5. The van der Waals surface area contributed by atoms with Crippen molar-refractivity contribution in [2.75, 3.05) is 43.5 Å². The van der Waals surface area contributed by atoms with Gasteiger partial charge < -0.3 is 15.0 Å². The smallest absolute Gasteiger partial charge is 0.416 e. The van der Waals surface area contributed by atoms with E-state index in [1.807, 2.05) is 55.5 Å². The maximum Gasteiger partial charge on any atom is 0.416 e. The summed E-state index contributed by atoms with van der Waals surface area (Å²) in [6, 6.07) is 26.5. The molecule has 0 saturated carbocycles. The monoisotopic (exact) mass is 587 g/mol. The first-order valence-corrected chi connectivity index (χ1v) is 14.0. The van der Waals surface area contributed by atoms with Crippen LogP contribution in [0.3, 0.4) is 0 Å². The van der Waals surface area contributed by atoms with Gasteiger partial charge in [0.2, 0.25) is 0 Å². The molecule has 1 unspecified atom stereocenters. The minimum Gasteiger partial charge on any atom is -0.468 e. The first-order chi connectivity index (χ1) is 20.7. The zero-order valence-electron chi connectivity index (χ0n) is 23.9. The van der Waals surface area contributed by atoms with Gasteiger partial charge in [0.05, 0.1) is 12.7 Å². The third-order valence-electron chi connectivity index (χ3n) is 7.71. The molecular weight excluding hydrogens is 555 g/mol. The predicted molar refractivity (Wildman–Crippen MR) is 161 cm³/mol. The van der Waals surface area contributed by atoms with Gasteiger partial charge in [-0.15, -0.1) is 0 Å².